The number of allylic oxidation sites excluding steroid dienone is 4. The number of hydrogen-bond donors (Lipinski definition) is 0. The van der Waals surface area contributed by atoms with Crippen molar-refractivity contribution in [2.45, 2.75) is 59.4 Å². The van der Waals surface area contributed by atoms with E-state index in [1.807, 2.05) is 6.07 Å². The summed E-state index contributed by atoms with van der Waals surface area (Å²) in [4.78, 5) is 16.0. The fourth-order valence-electron chi connectivity index (χ4n) is 5.25. The van der Waals surface area contributed by atoms with E-state index in [1.165, 1.54) is 0 Å². The maximum absolute atomic E-state index is 13.6. The van der Waals surface area contributed by atoms with Crippen LogP contribution in [0, 0.1) is 0 Å². The fraction of sp³-hybridized carbons (Fsp3) is 0.500. The smallest absolute Gasteiger partial charge is 0.191 e. The number of Topliss-reactive ketones (excluding diaryl/α,β-unsaturated/α-hetero) is 1. The van der Waals surface area contributed by atoms with Crippen LogP contribution in [-0.4, -0.2) is 41.5 Å². The molecule has 0 radical (unpaired) electrons. The van der Waals surface area contributed by atoms with Crippen LogP contribution < -0.4 is 0 Å². The Balaban J connectivity index is 1.72. The van der Waals surface area contributed by atoms with Gasteiger partial charge in [-0.1, -0.05) is 45.9 Å². The van der Waals surface area contributed by atoms with E-state index in [-0.39, 0.29) is 11.2 Å². The first-order chi connectivity index (χ1) is 14.4. The number of benzene rings is 1. The van der Waals surface area contributed by atoms with Crippen molar-refractivity contribution >= 4 is 16.7 Å². The molecule has 1 aromatic heterocycles. The molecule has 1 aromatic carbocycles. The Morgan fingerprint density at radius 2 is 1.83 bits per heavy atom. The molecule has 0 atom stereocenters. The third-order valence-corrected chi connectivity index (χ3v) is 6.89. The second kappa shape index (κ2) is 8.07. The highest BCUT2D eigenvalue weighted by molar-refractivity contribution is 6.19. The number of likely N-dealkylation sites (N-methyl/N-ethyl adjacent to an activating group) is 1. The first-order valence-electron chi connectivity index (χ1n) is 11.4. The van der Waals surface area contributed by atoms with Gasteiger partial charge in [0, 0.05) is 47.1 Å². The second-order valence-corrected chi connectivity index (χ2v) is 8.82. The predicted octanol–water partition coefficient (Wildman–Crippen LogP) is 5.47. The molecule has 4 heteroatoms. The molecule has 0 saturated carbocycles. The molecule has 0 bridgehead atoms. The van der Waals surface area contributed by atoms with Crippen LogP contribution in [0.1, 0.15) is 63.5 Å². The van der Waals surface area contributed by atoms with Gasteiger partial charge in [0.05, 0.1) is 11.3 Å². The minimum absolute atomic E-state index is 0.209. The number of fused-ring (bicyclic) bond motifs is 3. The molecular weight excluding hydrogens is 372 g/mol. The van der Waals surface area contributed by atoms with Crippen LogP contribution in [0.4, 0.5) is 0 Å². The van der Waals surface area contributed by atoms with Crippen LogP contribution in [-0.2, 0) is 16.7 Å². The van der Waals surface area contributed by atoms with Gasteiger partial charge >= 0.3 is 0 Å². The van der Waals surface area contributed by atoms with Gasteiger partial charge in [0.1, 0.15) is 6.61 Å². The van der Waals surface area contributed by atoms with Crippen LogP contribution in [0.2, 0.25) is 0 Å². The van der Waals surface area contributed by atoms with Crippen LogP contribution in [0.25, 0.3) is 10.9 Å². The van der Waals surface area contributed by atoms with E-state index < -0.39 is 0 Å². The minimum atomic E-state index is -0.235. The first-order valence-corrected chi connectivity index (χ1v) is 11.4. The number of hydrogen-bond acceptors (Lipinski definition) is 3. The molecule has 0 fully saturated rings. The molecule has 0 spiro atoms. The summed E-state index contributed by atoms with van der Waals surface area (Å²) in [5.74, 6) is 1.23. The van der Waals surface area contributed by atoms with Crippen molar-refractivity contribution in [3.8, 4) is 0 Å². The molecule has 0 aliphatic heterocycles. The van der Waals surface area contributed by atoms with Gasteiger partial charge in [0.2, 0.25) is 0 Å². The maximum Gasteiger partial charge on any atom is 0.191 e. The Morgan fingerprint density at radius 1 is 1.10 bits per heavy atom. The third-order valence-electron chi connectivity index (χ3n) is 6.89. The number of nitrogens with zero attached hydrogens (tertiary/aromatic N) is 2. The quantitative estimate of drug-likeness (QED) is 0.612. The van der Waals surface area contributed by atoms with Gasteiger partial charge in [-0.2, -0.15) is 0 Å². The molecule has 4 rings (SSSR count). The number of carbonyl (C=O) groups excluding carboxylic acids is 1. The highest BCUT2D eigenvalue weighted by Gasteiger charge is 2.43. The van der Waals surface area contributed by atoms with E-state index in [4.69, 9.17) is 4.74 Å². The fourth-order valence-corrected chi connectivity index (χ4v) is 5.25. The summed E-state index contributed by atoms with van der Waals surface area (Å²) in [6.07, 6.45) is 3.74. The highest BCUT2D eigenvalue weighted by atomic mass is 16.5. The summed E-state index contributed by atoms with van der Waals surface area (Å²) in [6.45, 7) is 15.6. The van der Waals surface area contributed by atoms with Crippen molar-refractivity contribution in [3.63, 3.8) is 0 Å². The van der Waals surface area contributed by atoms with E-state index >= 15 is 0 Å². The zero-order valence-electron chi connectivity index (χ0n) is 19.0. The summed E-state index contributed by atoms with van der Waals surface area (Å²) < 4.78 is 8.49. The van der Waals surface area contributed by atoms with Crippen molar-refractivity contribution in [2.24, 2.45) is 0 Å². The third kappa shape index (κ3) is 3.22. The highest BCUT2D eigenvalue weighted by Crippen LogP contribution is 2.48. The number of ether oxygens (including phenoxy) is 1. The van der Waals surface area contributed by atoms with E-state index in [0.29, 0.717) is 6.61 Å². The normalized spacial score (nSPS) is 17.9. The van der Waals surface area contributed by atoms with E-state index in [1.54, 1.807) is 0 Å². The van der Waals surface area contributed by atoms with Gasteiger partial charge in [0.25, 0.3) is 0 Å². The Bertz CT molecular complexity index is 1030. The molecule has 30 heavy (non-hydrogen) atoms. The van der Waals surface area contributed by atoms with Gasteiger partial charge in [0.15, 0.2) is 5.78 Å². The molecular formula is C26H34N2O2. The van der Waals surface area contributed by atoms with E-state index in [2.05, 4.69) is 68.4 Å². The second-order valence-electron chi connectivity index (χ2n) is 8.82. The zero-order valence-corrected chi connectivity index (χ0v) is 19.0. The van der Waals surface area contributed by atoms with Crippen molar-refractivity contribution in [2.75, 3.05) is 26.2 Å². The topological polar surface area (TPSA) is 34.5 Å². The number of carbonyl (C=O) groups is 1. The van der Waals surface area contributed by atoms with Crippen LogP contribution in [0.5, 0.6) is 0 Å². The molecule has 1 heterocycles. The number of para-hydroxylation sites is 1. The van der Waals surface area contributed by atoms with Gasteiger partial charge in [-0.15, -0.1) is 0 Å². The molecule has 0 unspecified atom stereocenters. The lowest BCUT2D eigenvalue weighted by molar-refractivity contribution is 0.101. The average molecular weight is 407 g/mol. The Morgan fingerprint density at radius 3 is 2.53 bits per heavy atom. The van der Waals surface area contributed by atoms with Crippen molar-refractivity contribution in [1.82, 2.24) is 9.47 Å². The van der Waals surface area contributed by atoms with E-state index in [9.17, 15) is 4.79 Å². The SMILES string of the molecule is CCN(CC)CCOC1=CC2=C(CC1)C(=O)c1c(n(CC)c3ccccc13)C2(C)C. The van der Waals surface area contributed by atoms with Gasteiger partial charge in [-0.25, -0.2) is 0 Å². The molecule has 2 aromatic rings. The van der Waals surface area contributed by atoms with Gasteiger partial charge < -0.3 is 14.2 Å². The number of ketones is 1. The largest absolute Gasteiger partial charge is 0.497 e. The van der Waals surface area contributed by atoms with Gasteiger partial charge in [-0.3, -0.25) is 4.79 Å². The van der Waals surface area contributed by atoms with Crippen molar-refractivity contribution < 1.29 is 9.53 Å². The van der Waals surface area contributed by atoms with Crippen molar-refractivity contribution in [1.29, 1.82) is 0 Å². The molecule has 2 aliphatic carbocycles. The molecule has 2 aliphatic rings. The average Bonchev–Trinajstić information content (AvgIpc) is 3.11. The first kappa shape index (κ1) is 20.9. The zero-order chi connectivity index (χ0) is 21.5. The number of aryl methyl sites for hydroxylation is 1. The Labute approximate surface area is 180 Å². The standard InChI is InChI=1S/C26H34N2O2/c1-6-27(7-2)15-16-30-18-13-14-19-21(17-18)26(4,5)25-23(24(19)29)20-11-9-10-12-22(20)28(25)8-3/h9-12,17H,6-8,13-16H2,1-5H3. The Kier molecular flexibility index (Phi) is 5.63. The van der Waals surface area contributed by atoms with E-state index in [0.717, 1.165) is 78.1 Å². The summed E-state index contributed by atoms with van der Waals surface area (Å²) in [5, 5.41) is 1.09. The Hall–Kier alpha value is -2.33. The molecule has 0 amide bonds. The predicted molar refractivity (Wildman–Crippen MR) is 123 cm³/mol. The molecule has 0 saturated heterocycles. The molecule has 0 N–H and O–H groups in total. The lowest BCUT2D eigenvalue weighted by atomic mass is 9.68. The number of aromatic nitrogens is 1. The number of rotatable bonds is 7. The monoisotopic (exact) mass is 406 g/mol. The maximum atomic E-state index is 13.6. The van der Waals surface area contributed by atoms with Crippen LogP contribution >= 0.6 is 0 Å². The summed E-state index contributed by atoms with van der Waals surface area (Å²) in [7, 11) is 0. The van der Waals surface area contributed by atoms with Crippen LogP contribution in [0.15, 0.2) is 47.2 Å². The van der Waals surface area contributed by atoms with Gasteiger partial charge in [-0.05, 0) is 44.1 Å². The summed E-state index contributed by atoms with van der Waals surface area (Å²) in [5.41, 5.74) is 5.10. The lowest BCUT2D eigenvalue weighted by Gasteiger charge is -2.37. The van der Waals surface area contributed by atoms with Crippen molar-refractivity contribution in [3.05, 3.63) is 58.5 Å². The molecule has 4 nitrogen and oxygen atoms in total. The summed E-state index contributed by atoms with van der Waals surface area (Å²) in [6, 6.07) is 8.33. The van der Waals surface area contributed by atoms with Crippen LogP contribution in [0.3, 0.4) is 0 Å². The lowest BCUT2D eigenvalue weighted by Crippen LogP contribution is -2.34. The molecule has 160 valence electrons. The minimum Gasteiger partial charge on any atom is -0.497 e. The summed E-state index contributed by atoms with van der Waals surface area (Å²) >= 11 is 0.